The van der Waals surface area contributed by atoms with Gasteiger partial charge < -0.3 is 10.4 Å². The zero-order chi connectivity index (χ0) is 28.1. The Morgan fingerprint density at radius 2 is 1.64 bits per heavy atom. The molecular weight excluding hydrogens is 560 g/mol. The van der Waals surface area contributed by atoms with E-state index in [4.69, 9.17) is 11.6 Å². The molecule has 1 amide bonds. The number of aromatic nitrogens is 1. The number of hydrogen-bond acceptors (Lipinski definition) is 5. The number of hydrogen-bond donors (Lipinski definition) is 2. The molecule has 39 heavy (non-hydrogen) atoms. The summed E-state index contributed by atoms with van der Waals surface area (Å²) in [5, 5.41) is 12.9. The van der Waals surface area contributed by atoms with Crippen LogP contribution in [0.4, 0.5) is 23.2 Å². The number of rotatable bonds is 5. The lowest BCUT2D eigenvalue weighted by atomic mass is 9.60. The number of carbonyl (C=O) groups excluding carboxylic acids is 1. The van der Waals surface area contributed by atoms with Crippen LogP contribution in [0, 0.1) is 35.1 Å². The molecule has 0 spiro atoms. The summed E-state index contributed by atoms with van der Waals surface area (Å²) in [6.07, 6.45) is 3.14. The summed E-state index contributed by atoms with van der Waals surface area (Å²) in [5.74, 6) is -7.01. The molecule has 5 rings (SSSR count). The average molecular weight is 583 g/mol. The van der Waals surface area contributed by atoms with Crippen LogP contribution in [-0.2, 0) is 15.4 Å². The zero-order valence-corrected chi connectivity index (χ0v) is 21.9. The monoisotopic (exact) mass is 582 g/mol. The van der Waals surface area contributed by atoms with Gasteiger partial charge in [0, 0.05) is 23.4 Å². The first-order valence-corrected chi connectivity index (χ1v) is 14.2. The highest BCUT2D eigenvalue weighted by atomic mass is 35.5. The van der Waals surface area contributed by atoms with E-state index in [-0.39, 0.29) is 34.0 Å². The first-order chi connectivity index (χ1) is 18.4. The molecule has 2 aromatic carbocycles. The van der Waals surface area contributed by atoms with Gasteiger partial charge in [-0.05, 0) is 67.9 Å². The molecule has 2 aliphatic rings. The molecule has 1 heterocycles. The van der Waals surface area contributed by atoms with Gasteiger partial charge in [0.15, 0.2) is 27.3 Å². The van der Waals surface area contributed by atoms with Crippen molar-refractivity contribution < 1.29 is 35.9 Å². The quantitative estimate of drug-likeness (QED) is 0.293. The summed E-state index contributed by atoms with van der Waals surface area (Å²) in [6, 6.07) is 7.40. The van der Waals surface area contributed by atoms with Crippen molar-refractivity contribution in [2.24, 2.45) is 11.8 Å². The van der Waals surface area contributed by atoms with Crippen LogP contribution >= 0.6 is 11.6 Å². The summed E-state index contributed by atoms with van der Waals surface area (Å²) in [7, 11) is -4.09. The minimum Gasteiger partial charge on any atom is -0.383 e. The summed E-state index contributed by atoms with van der Waals surface area (Å²) in [4.78, 5) is 16.6. The first-order valence-electron chi connectivity index (χ1n) is 12.2. The molecule has 0 saturated heterocycles. The van der Waals surface area contributed by atoms with Crippen LogP contribution in [0.2, 0.25) is 5.02 Å². The van der Waals surface area contributed by atoms with Crippen molar-refractivity contribution in [3.05, 3.63) is 88.2 Å². The molecule has 2 fully saturated rings. The number of nitrogens with one attached hydrogen (secondary N) is 1. The van der Waals surface area contributed by atoms with Crippen molar-refractivity contribution >= 4 is 33.0 Å². The number of aliphatic hydroxyl groups is 1. The number of sulfone groups is 1. The Kier molecular flexibility index (Phi) is 7.19. The Labute approximate surface area is 226 Å². The fourth-order valence-electron chi connectivity index (χ4n) is 5.87. The maximum absolute atomic E-state index is 13.8. The molecule has 2 atom stereocenters. The molecule has 2 N–H and O–H groups in total. The number of amides is 1. The average Bonchev–Trinajstić information content (AvgIpc) is 2.87. The van der Waals surface area contributed by atoms with E-state index in [0.29, 0.717) is 30.7 Å². The largest absolute Gasteiger partial charge is 0.383 e. The maximum Gasteiger partial charge on any atom is 0.255 e. The highest BCUT2D eigenvalue weighted by molar-refractivity contribution is 7.92. The van der Waals surface area contributed by atoms with E-state index in [1.165, 1.54) is 24.3 Å². The van der Waals surface area contributed by atoms with E-state index in [2.05, 4.69) is 10.3 Å². The highest BCUT2D eigenvalue weighted by Crippen LogP contribution is 2.54. The van der Waals surface area contributed by atoms with Gasteiger partial charge in [-0.1, -0.05) is 18.0 Å². The molecule has 2 saturated carbocycles. The Morgan fingerprint density at radius 1 is 1.00 bits per heavy atom. The van der Waals surface area contributed by atoms with Crippen LogP contribution in [0.25, 0.3) is 0 Å². The number of anilines is 1. The molecule has 3 aromatic rings. The van der Waals surface area contributed by atoms with Crippen molar-refractivity contribution in [3.63, 3.8) is 0 Å². The lowest BCUT2D eigenvalue weighted by Crippen LogP contribution is -2.53. The predicted molar refractivity (Wildman–Crippen MR) is 135 cm³/mol. The number of halogens is 5. The maximum atomic E-state index is 13.8. The lowest BCUT2D eigenvalue weighted by molar-refractivity contribution is -0.128. The van der Waals surface area contributed by atoms with Gasteiger partial charge in [0.1, 0.15) is 11.4 Å². The van der Waals surface area contributed by atoms with Crippen molar-refractivity contribution in [1.29, 1.82) is 0 Å². The van der Waals surface area contributed by atoms with E-state index in [1.807, 2.05) is 0 Å². The van der Waals surface area contributed by atoms with E-state index in [1.54, 1.807) is 0 Å². The van der Waals surface area contributed by atoms with Gasteiger partial charge in [-0.25, -0.2) is 26.0 Å². The summed E-state index contributed by atoms with van der Waals surface area (Å²) < 4.78 is 81.4. The van der Waals surface area contributed by atoms with Gasteiger partial charge >= 0.3 is 0 Å². The Bertz CT molecular complexity index is 1510. The van der Waals surface area contributed by atoms with Crippen molar-refractivity contribution in [1.82, 2.24) is 4.98 Å². The van der Waals surface area contributed by atoms with Crippen LogP contribution in [0.1, 0.15) is 48.2 Å². The van der Waals surface area contributed by atoms with E-state index >= 15 is 0 Å². The van der Waals surface area contributed by atoms with Crippen molar-refractivity contribution in [2.45, 2.75) is 47.9 Å². The number of fused-ring (bicyclic) bond motifs is 2. The van der Waals surface area contributed by atoms with Crippen LogP contribution in [-0.4, -0.2) is 29.7 Å². The third-order valence-corrected chi connectivity index (χ3v) is 10.4. The second kappa shape index (κ2) is 10.2. The Hall–Kier alpha value is -3.02. The number of pyridine rings is 1. The molecule has 206 valence electrons. The van der Waals surface area contributed by atoms with Crippen molar-refractivity contribution in [2.75, 3.05) is 5.32 Å². The Morgan fingerprint density at radius 3 is 2.23 bits per heavy atom. The third-order valence-electron chi connectivity index (χ3n) is 7.76. The van der Waals surface area contributed by atoms with Gasteiger partial charge in [0.25, 0.3) is 5.91 Å². The van der Waals surface area contributed by atoms with E-state index in [9.17, 15) is 35.9 Å². The normalized spacial score (nSPS) is 24.8. The smallest absolute Gasteiger partial charge is 0.255 e. The Balaban J connectivity index is 1.42. The van der Waals surface area contributed by atoms with Gasteiger partial charge in [-0.3, -0.25) is 9.78 Å². The molecule has 2 aliphatic carbocycles. The SMILES string of the molecule is O=C(Nc1cc(F)c(F)c(F)c1)c1ccc(Cl)c(S(=O)(=O)C2CC3CCCC(C2)C3(O)c2ccc(F)cn2)c1. The molecule has 2 bridgehead atoms. The molecule has 0 aliphatic heterocycles. The highest BCUT2D eigenvalue weighted by Gasteiger charge is 2.55. The van der Waals surface area contributed by atoms with Gasteiger partial charge in [-0.15, -0.1) is 0 Å². The van der Waals surface area contributed by atoms with E-state index in [0.717, 1.165) is 18.7 Å². The van der Waals surface area contributed by atoms with Gasteiger partial charge in [0.2, 0.25) is 0 Å². The topological polar surface area (TPSA) is 96.4 Å². The fraction of sp³-hybridized carbons (Fsp3) is 0.333. The number of nitrogens with zero attached hydrogens (tertiary/aromatic N) is 1. The molecule has 1 aromatic heterocycles. The summed E-state index contributed by atoms with van der Waals surface area (Å²) in [6.45, 7) is 0. The molecule has 6 nitrogen and oxygen atoms in total. The minimum absolute atomic E-state index is 0.106. The second-order valence-corrected chi connectivity index (χ2v) is 12.6. The minimum atomic E-state index is -4.09. The standard InChI is InChI=1S/C27H23ClF4N2O4S/c28-20-6-4-14(26(35)34-18-11-21(30)25(32)22(31)12-18)8-23(20)39(37,38)19-9-15-2-1-3-16(10-19)27(15,36)24-7-5-17(29)13-33-24/h4-8,11-13,15-16,19,36H,1-3,9-10H2,(H,34,35). The molecule has 0 radical (unpaired) electrons. The van der Waals surface area contributed by atoms with Crippen LogP contribution < -0.4 is 5.32 Å². The fourth-order valence-corrected chi connectivity index (χ4v) is 8.27. The molecular formula is C27H23ClF4N2O4S. The molecule has 2 unspecified atom stereocenters. The van der Waals surface area contributed by atoms with Gasteiger partial charge in [-0.2, -0.15) is 0 Å². The van der Waals surface area contributed by atoms with Crippen LogP contribution in [0.5, 0.6) is 0 Å². The first kappa shape index (κ1) is 27.5. The third kappa shape index (κ3) is 4.92. The molecule has 12 heteroatoms. The number of benzene rings is 2. The van der Waals surface area contributed by atoms with E-state index < -0.39 is 61.7 Å². The zero-order valence-electron chi connectivity index (χ0n) is 20.3. The van der Waals surface area contributed by atoms with Gasteiger partial charge in [0.05, 0.1) is 27.1 Å². The summed E-state index contributed by atoms with van der Waals surface area (Å²) >= 11 is 6.26. The second-order valence-electron chi connectivity index (χ2n) is 10.0. The summed E-state index contributed by atoms with van der Waals surface area (Å²) in [5.41, 5.74) is -1.60. The van der Waals surface area contributed by atoms with Crippen LogP contribution in [0.15, 0.2) is 53.6 Å². The number of carbonyl (C=O) groups is 1. The van der Waals surface area contributed by atoms with Crippen molar-refractivity contribution in [3.8, 4) is 0 Å². The lowest BCUT2D eigenvalue weighted by Gasteiger charge is -2.51. The van der Waals surface area contributed by atoms with Crippen LogP contribution in [0.3, 0.4) is 0 Å². The predicted octanol–water partition coefficient (Wildman–Crippen LogP) is 5.78.